The van der Waals surface area contributed by atoms with E-state index < -0.39 is 0 Å². The molecular formula is C21H22O4. The second-order valence-electron chi connectivity index (χ2n) is 5.58. The number of hydrogen-bond acceptors (Lipinski definition) is 4. The van der Waals surface area contributed by atoms with Crippen LogP contribution >= 0.6 is 0 Å². The van der Waals surface area contributed by atoms with Crippen LogP contribution in [0.4, 0.5) is 0 Å². The highest BCUT2D eigenvalue weighted by Crippen LogP contribution is 2.26. The third kappa shape index (κ3) is 5.46. The Balaban J connectivity index is 1.94. The van der Waals surface area contributed by atoms with Crippen molar-refractivity contribution < 1.29 is 20.1 Å². The number of aliphatic hydroxyl groups is 1. The van der Waals surface area contributed by atoms with Crippen LogP contribution < -0.4 is 4.74 Å². The van der Waals surface area contributed by atoms with Gasteiger partial charge in [-0.15, -0.1) is 0 Å². The summed E-state index contributed by atoms with van der Waals surface area (Å²) in [6.07, 6.45) is 9.46. The Hall–Kier alpha value is -3.14. The zero-order valence-electron chi connectivity index (χ0n) is 14.3. The Bertz CT molecular complexity index is 817. The molecule has 0 bridgehead atoms. The van der Waals surface area contributed by atoms with Gasteiger partial charge in [-0.2, -0.15) is 0 Å². The molecule has 2 aromatic rings. The van der Waals surface area contributed by atoms with E-state index in [1.807, 2.05) is 31.2 Å². The summed E-state index contributed by atoms with van der Waals surface area (Å²) in [6.45, 7) is 1.85. The van der Waals surface area contributed by atoms with Gasteiger partial charge in [0.25, 0.3) is 0 Å². The van der Waals surface area contributed by atoms with Crippen molar-refractivity contribution in [2.24, 2.45) is 0 Å². The summed E-state index contributed by atoms with van der Waals surface area (Å²) in [6, 6.07) is 10.4. The van der Waals surface area contributed by atoms with Crippen LogP contribution in [0.25, 0.3) is 12.2 Å². The summed E-state index contributed by atoms with van der Waals surface area (Å²) in [5.41, 5.74) is 2.63. The van der Waals surface area contributed by atoms with Crippen molar-refractivity contribution in [3.63, 3.8) is 0 Å². The SMILES string of the molecule is COc1cc(/C=C/C(O)=C/C/C=C/c2ccc(O)c(C)c2)ccc1O. The van der Waals surface area contributed by atoms with Crippen molar-refractivity contribution in [1.29, 1.82) is 0 Å². The summed E-state index contributed by atoms with van der Waals surface area (Å²) in [7, 11) is 1.49. The molecule has 25 heavy (non-hydrogen) atoms. The highest BCUT2D eigenvalue weighted by Gasteiger charge is 2.00. The number of hydrogen-bond donors (Lipinski definition) is 3. The van der Waals surface area contributed by atoms with E-state index in [0.29, 0.717) is 12.2 Å². The van der Waals surface area contributed by atoms with E-state index in [1.54, 1.807) is 42.5 Å². The molecule has 0 aliphatic rings. The Kier molecular flexibility index (Phi) is 6.29. The Morgan fingerprint density at radius 2 is 1.68 bits per heavy atom. The fourth-order valence-corrected chi connectivity index (χ4v) is 2.22. The van der Waals surface area contributed by atoms with Gasteiger partial charge in [0.15, 0.2) is 11.5 Å². The number of ether oxygens (including phenoxy) is 1. The molecule has 130 valence electrons. The van der Waals surface area contributed by atoms with Crippen molar-refractivity contribution in [2.75, 3.05) is 7.11 Å². The molecule has 0 unspecified atom stereocenters. The lowest BCUT2D eigenvalue weighted by atomic mass is 10.1. The molecule has 4 heteroatoms. The fourth-order valence-electron chi connectivity index (χ4n) is 2.22. The highest BCUT2D eigenvalue weighted by atomic mass is 16.5. The number of aryl methyl sites for hydroxylation is 1. The molecule has 0 aliphatic carbocycles. The lowest BCUT2D eigenvalue weighted by molar-refractivity contribution is 0.373. The molecule has 0 fully saturated rings. The maximum absolute atomic E-state index is 9.90. The summed E-state index contributed by atoms with van der Waals surface area (Å²) in [5, 5.41) is 28.9. The minimum atomic E-state index is 0.0778. The van der Waals surface area contributed by atoms with Gasteiger partial charge in [0, 0.05) is 0 Å². The van der Waals surface area contributed by atoms with Gasteiger partial charge in [-0.3, -0.25) is 0 Å². The first kappa shape index (κ1) is 18.2. The van der Waals surface area contributed by atoms with E-state index in [9.17, 15) is 15.3 Å². The standard InChI is InChI=1S/C21H22O4/c1-15-13-16(8-11-19(15)23)5-3-4-6-18(22)10-7-17-9-12-20(24)21(14-17)25-2/h3,5-14,22-24H,4H2,1-2H3/b5-3+,10-7+,18-6-. The predicted molar refractivity (Wildman–Crippen MR) is 101 cm³/mol. The number of phenols is 2. The first-order chi connectivity index (χ1) is 12.0. The molecule has 0 aromatic heterocycles. The van der Waals surface area contributed by atoms with Crippen LogP contribution in [0.1, 0.15) is 23.1 Å². The van der Waals surface area contributed by atoms with Gasteiger partial charge < -0.3 is 20.1 Å². The Morgan fingerprint density at radius 3 is 2.36 bits per heavy atom. The maximum atomic E-state index is 9.90. The van der Waals surface area contributed by atoms with Crippen molar-refractivity contribution in [1.82, 2.24) is 0 Å². The van der Waals surface area contributed by atoms with Crippen LogP contribution in [-0.2, 0) is 0 Å². The van der Waals surface area contributed by atoms with Crippen LogP contribution in [-0.4, -0.2) is 22.4 Å². The average Bonchev–Trinajstić information content (AvgIpc) is 2.61. The average molecular weight is 338 g/mol. The second kappa shape index (κ2) is 8.64. The lowest BCUT2D eigenvalue weighted by Crippen LogP contribution is -1.84. The molecule has 0 saturated carbocycles. The first-order valence-corrected chi connectivity index (χ1v) is 7.90. The quantitative estimate of drug-likeness (QED) is 0.513. The van der Waals surface area contributed by atoms with Gasteiger partial charge >= 0.3 is 0 Å². The van der Waals surface area contributed by atoms with Crippen LogP contribution in [0.5, 0.6) is 17.2 Å². The third-order valence-corrected chi connectivity index (χ3v) is 3.64. The Morgan fingerprint density at radius 1 is 1.00 bits per heavy atom. The van der Waals surface area contributed by atoms with Crippen LogP contribution in [0, 0.1) is 6.92 Å². The molecule has 0 aliphatic heterocycles. The molecular weight excluding hydrogens is 316 g/mol. The van der Waals surface area contributed by atoms with Gasteiger partial charge in [-0.1, -0.05) is 30.4 Å². The minimum absolute atomic E-state index is 0.0778. The van der Waals surface area contributed by atoms with E-state index in [2.05, 4.69) is 0 Å². The zero-order valence-corrected chi connectivity index (χ0v) is 14.3. The molecule has 4 nitrogen and oxygen atoms in total. The van der Waals surface area contributed by atoms with E-state index in [-0.39, 0.29) is 17.3 Å². The third-order valence-electron chi connectivity index (χ3n) is 3.64. The normalized spacial score (nSPS) is 12.2. The molecule has 2 aromatic carbocycles. The fraction of sp³-hybridized carbons (Fsp3) is 0.143. The summed E-state index contributed by atoms with van der Waals surface area (Å²) < 4.78 is 5.04. The number of aromatic hydroxyl groups is 2. The number of allylic oxidation sites excluding steroid dienone is 3. The first-order valence-electron chi connectivity index (χ1n) is 7.90. The highest BCUT2D eigenvalue weighted by molar-refractivity contribution is 5.57. The monoisotopic (exact) mass is 338 g/mol. The van der Waals surface area contributed by atoms with E-state index in [4.69, 9.17) is 4.74 Å². The molecule has 0 spiro atoms. The van der Waals surface area contributed by atoms with Gasteiger partial charge in [0.1, 0.15) is 11.5 Å². The van der Waals surface area contributed by atoms with Crippen molar-refractivity contribution in [2.45, 2.75) is 13.3 Å². The van der Waals surface area contributed by atoms with Gasteiger partial charge in [0.2, 0.25) is 0 Å². The van der Waals surface area contributed by atoms with Gasteiger partial charge in [-0.25, -0.2) is 0 Å². The van der Waals surface area contributed by atoms with Crippen molar-refractivity contribution in [3.8, 4) is 17.2 Å². The smallest absolute Gasteiger partial charge is 0.161 e. The summed E-state index contributed by atoms with van der Waals surface area (Å²) in [4.78, 5) is 0. The maximum Gasteiger partial charge on any atom is 0.161 e. The second-order valence-corrected chi connectivity index (χ2v) is 5.58. The minimum Gasteiger partial charge on any atom is -0.508 e. The predicted octanol–water partition coefficient (Wildman–Crippen LogP) is 4.97. The number of benzene rings is 2. The Labute approximate surface area is 147 Å². The van der Waals surface area contributed by atoms with Crippen LogP contribution in [0.15, 0.2) is 60.4 Å². The van der Waals surface area contributed by atoms with E-state index in [0.717, 1.165) is 16.7 Å². The van der Waals surface area contributed by atoms with Crippen LogP contribution in [0.3, 0.4) is 0 Å². The van der Waals surface area contributed by atoms with Crippen LogP contribution in [0.2, 0.25) is 0 Å². The largest absolute Gasteiger partial charge is 0.508 e. The summed E-state index contributed by atoms with van der Waals surface area (Å²) in [5.74, 6) is 0.899. The molecule has 0 amide bonds. The number of phenolic OH excluding ortho intramolecular Hbond substituents is 2. The number of methoxy groups -OCH3 is 1. The van der Waals surface area contributed by atoms with Gasteiger partial charge in [-0.05, 0) is 66.5 Å². The van der Waals surface area contributed by atoms with E-state index >= 15 is 0 Å². The molecule has 2 rings (SSSR count). The van der Waals surface area contributed by atoms with Crippen molar-refractivity contribution in [3.05, 3.63) is 77.1 Å². The number of aliphatic hydroxyl groups excluding tert-OH is 1. The molecule has 0 atom stereocenters. The lowest BCUT2D eigenvalue weighted by Gasteiger charge is -2.03. The number of rotatable bonds is 6. The molecule has 0 radical (unpaired) electrons. The topological polar surface area (TPSA) is 69.9 Å². The van der Waals surface area contributed by atoms with Gasteiger partial charge in [0.05, 0.1) is 7.11 Å². The van der Waals surface area contributed by atoms with Crippen molar-refractivity contribution >= 4 is 12.2 Å². The van der Waals surface area contributed by atoms with E-state index in [1.165, 1.54) is 7.11 Å². The molecule has 3 N–H and O–H groups in total. The zero-order chi connectivity index (χ0) is 18.2. The molecule has 0 saturated heterocycles. The molecule has 0 heterocycles. The summed E-state index contributed by atoms with van der Waals surface area (Å²) >= 11 is 0.